The van der Waals surface area contributed by atoms with Crippen molar-refractivity contribution in [3.8, 4) is 11.5 Å². The number of carbonyl (C=O) groups excluding carboxylic acids is 1. The van der Waals surface area contributed by atoms with E-state index in [1.165, 1.54) is 0 Å². The summed E-state index contributed by atoms with van der Waals surface area (Å²) in [6.07, 6.45) is -0.145. The Bertz CT molecular complexity index is 1070. The van der Waals surface area contributed by atoms with Crippen LogP contribution in [0.15, 0.2) is 48.5 Å². The molecule has 0 saturated carbocycles. The minimum Gasteiger partial charge on any atom is -0.494 e. The van der Waals surface area contributed by atoms with E-state index in [1.807, 2.05) is 48.9 Å². The molecule has 2 aromatic carbocycles. The normalized spacial score (nSPS) is 15.3. The monoisotopic (exact) mass is 441 g/mol. The number of ether oxygens (including phenoxy) is 3. The fourth-order valence-electron chi connectivity index (χ4n) is 3.45. The number of rotatable bonds is 7. The van der Waals surface area contributed by atoms with Gasteiger partial charge in [-0.3, -0.25) is 9.48 Å². The summed E-state index contributed by atoms with van der Waals surface area (Å²) in [5.74, 6) is 0.915. The number of carbonyl (C=O) groups is 1. The molecule has 1 atom stereocenters. The number of aromatic nitrogens is 2. The molecule has 1 aromatic heterocycles. The SMILES string of the molecule is CCOc1ccc(OCC)c(NC(=O)c2cc3n(n2)C[C@@H](c2ccc(Cl)cc2)OC3)c1. The Morgan fingerprint density at radius 1 is 1.16 bits per heavy atom. The van der Waals surface area contributed by atoms with E-state index in [0.717, 1.165) is 11.3 Å². The van der Waals surface area contributed by atoms with E-state index in [1.54, 1.807) is 18.2 Å². The first kappa shape index (κ1) is 21.2. The van der Waals surface area contributed by atoms with Crippen LogP contribution in [0.5, 0.6) is 11.5 Å². The van der Waals surface area contributed by atoms with Gasteiger partial charge in [0.1, 0.15) is 17.6 Å². The number of hydrogen-bond acceptors (Lipinski definition) is 5. The zero-order valence-corrected chi connectivity index (χ0v) is 18.2. The molecule has 1 amide bonds. The van der Waals surface area contributed by atoms with E-state index in [9.17, 15) is 4.79 Å². The Morgan fingerprint density at radius 3 is 2.68 bits per heavy atom. The van der Waals surface area contributed by atoms with Gasteiger partial charge in [-0.2, -0.15) is 5.10 Å². The molecule has 0 bridgehead atoms. The maximum absolute atomic E-state index is 12.9. The van der Waals surface area contributed by atoms with E-state index < -0.39 is 0 Å². The highest BCUT2D eigenvalue weighted by molar-refractivity contribution is 6.30. The van der Waals surface area contributed by atoms with Gasteiger partial charge in [0, 0.05) is 11.1 Å². The number of halogens is 1. The predicted molar refractivity (Wildman–Crippen MR) is 118 cm³/mol. The summed E-state index contributed by atoms with van der Waals surface area (Å²) in [5, 5.41) is 8.07. The van der Waals surface area contributed by atoms with Crippen LogP contribution in [0.4, 0.5) is 5.69 Å². The minimum atomic E-state index is -0.320. The van der Waals surface area contributed by atoms with Gasteiger partial charge in [-0.05, 0) is 49.7 Å². The summed E-state index contributed by atoms with van der Waals surface area (Å²) in [6.45, 7) is 5.71. The van der Waals surface area contributed by atoms with Crippen molar-refractivity contribution in [1.29, 1.82) is 0 Å². The topological polar surface area (TPSA) is 74.6 Å². The molecule has 1 N–H and O–H groups in total. The second-order valence-corrected chi connectivity index (χ2v) is 7.47. The lowest BCUT2D eigenvalue weighted by Crippen LogP contribution is -2.22. The summed E-state index contributed by atoms with van der Waals surface area (Å²) < 4.78 is 19.0. The van der Waals surface area contributed by atoms with Crippen molar-refractivity contribution in [2.75, 3.05) is 18.5 Å². The largest absolute Gasteiger partial charge is 0.494 e. The van der Waals surface area contributed by atoms with Crippen LogP contribution in [0.2, 0.25) is 5.02 Å². The highest BCUT2D eigenvalue weighted by atomic mass is 35.5. The number of benzene rings is 2. The first-order chi connectivity index (χ1) is 15.1. The van der Waals surface area contributed by atoms with Crippen LogP contribution in [0.25, 0.3) is 0 Å². The highest BCUT2D eigenvalue weighted by Gasteiger charge is 2.24. The maximum Gasteiger partial charge on any atom is 0.276 e. The number of nitrogens with one attached hydrogen (secondary N) is 1. The van der Waals surface area contributed by atoms with Crippen molar-refractivity contribution in [2.45, 2.75) is 33.1 Å². The number of nitrogens with zero attached hydrogens (tertiary/aromatic N) is 2. The van der Waals surface area contributed by atoms with Gasteiger partial charge in [-0.1, -0.05) is 23.7 Å². The third kappa shape index (κ3) is 4.84. The quantitative estimate of drug-likeness (QED) is 0.566. The molecule has 2 heterocycles. The first-order valence-corrected chi connectivity index (χ1v) is 10.6. The third-order valence-corrected chi connectivity index (χ3v) is 5.17. The average Bonchev–Trinajstić information content (AvgIpc) is 3.20. The molecule has 0 aliphatic carbocycles. The summed E-state index contributed by atoms with van der Waals surface area (Å²) in [7, 11) is 0. The first-order valence-electron chi connectivity index (χ1n) is 10.2. The van der Waals surface area contributed by atoms with Crippen molar-refractivity contribution >= 4 is 23.2 Å². The van der Waals surface area contributed by atoms with Crippen LogP contribution < -0.4 is 14.8 Å². The molecule has 0 spiro atoms. The molecule has 162 valence electrons. The molecule has 4 rings (SSSR count). The van der Waals surface area contributed by atoms with Crippen molar-refractivity contribution in [1.82, 2.24) is 9.78 Å². The highest BCUT2D eigenvalue weighted by Crippen LogP contribution is 2.31. The Hall–Kier alpha value is -3.03. The van der Waals surface area contributed by atoms with Crippen molar-refractivity contribution < 1.29 is 19.0 Å². The van der Waals surface area contributed by atoms with Gasteiger partial charge in [0.2, 0.25) is 0 Å². The van der Waals surface area contributed by atoms with Gasteiger partial charge in [-0.25, -0.2) is 0 Å². The number of fused-ring (bicyclic) bond motifs is 1. The Labute approximate surface area is 185 Å². The summed E-state index contributed by atoms with van der Waals surface area (Å²) >= 11 is 5.97. The minimum absolute atomic E-state index is 0.145. The molecule has 31 heavy (non-hydrogen) atoms. The standard InChI is InChI=1S/C23H24ClN3O4/c1-3-29-18-9-10-21(30-4-2)19(12-18)25-23(28)20-11-17-14-31-22(13-27(17)26-20)15-5-7-16(24)8-6-15/h5-12,22H,3-4,13-14H2,1-2H3,(H,25,28)/t22-/m0/s1. The van der Waals surface area contributed by atoms with Crippen LogP contribution >= 0.6 is 11.6 Å². The van der Waals surface area contributed by atoms with Gasteiger partial charge in [0.25, 0.3) is 5.91 Å². The second-order valence-electron chi connectivity index (χ2n) is 7.03. The lowest BCUT2D eigenvalue weighted by Gasteiger charge is -2.24. The number of amides is 1. The van der Waals surface area contributed by atoms with Crippen molar-refractivity contribution in [2.24, 2.45) is 0 Å². The maximum atomic E-state index is 12.9. The van der Waals surface area contributed by atoms with Gasteiger partial charge < -0.3 is 19.5 Å². The van der Waals surface area contributed by atoms with Gasteiger partial charge in [0.05, 0.1) is 37.7 Å². The Balaban J connectivity index is 1.51. The van der Waals surface area contributed by atoms with E-state index in [0.29, 0.717) is 54.3 Å². The van der Waals surface area contributed by atoms with Crippen LogP contribution in [0.3, 0.4) is 0 Å². The van der Waals surface area contributed by atoms with E-state index in [-0.39, 0.29) is 12.0 Å². The lowest BCUT2D eigenvalue weighted by atomic mass is 10.1. The molecular weight excluding hydrogens is 418 g/mol. The predicted octanol–water partition coefficient (Wildman–Crippen LogP) is 4.86. The number of anilines is 1. The molecule has 1 aliphatic heterocycles. The van der Waals surface area contributed by atoms with Crippen molar-refractivity contribution in [3.05, 3.63) is 70.5 Å². The zero-order chi connectivity index (χ0) is 21.8. The summed E-state index contributed by atoms with van der Waals surface area (Å²) in [5.41, 5.74) is 2.73. The molecule has 0 saturated heterocycles. The van der Waals surface area contributed by atoms with E-state index >= 15 is 0 Å². The Kier molecular flexibility index (Phi) is 6.44. The third-order valence-electron chi connectivity index (χ3n) is 4.92. The van der Waals surface area contributed by atoms with Gasteiger partial charge in [0.15, 0.2) is 5.69 Å². The molecular formula is C23H24ClN3O4. The molecule has 3 aromatic rings. The molecule has 8 heteroatoms. The van der Waals surface area contributed by atoms with E-state index in [4.69, 9.17) is 25.8 Å². The molecule has 0 radical (unpaired) electrons. The fourth-order valence-corrected chi connectivity index (χ4v) is 3.57. The zero-order valence-electron chi connectivity index (χ0n) is 17.4. The van der Waals surface area contributed by atoms with Crippen molar-refractivity contribution in [3.63, 3.8) is 0 Å². The number of hydrogen-bond donors (Lipinski definition) is 1. The molecule has 1 aliphatic rings. The fraction of sp³-hybridized carbons (Fsp3) is 0.304. The van der Waals surface area contributed by atoms with Crippen LogP contribution in [-0.4, -0.2) is 28.9 Å². The summed E-state index contributed by atoms with van der Waals surface area (Å²) in [6, 6.07) is 14.7. The molecule has 7 nitrogen and oxygen atoms in total. The van der Waals surface area contributed by atoms with Gasteiger partial charge in [-0.15, -0.1) is 0 Å². The van der Waals surface area contributed by atoms with Crippen LogP contribution in [-0.2, 0) is 17.9 Å². The average molecular weight is 442 g/mol. The summed E-state index contributed by atoms with van der Waals surface area (Å²) in [4.78, 5) is 12.9. The molecule has 0 unspecified atom stereocenters. The Morgan fingerprint density at radius 2 is 1.94 bits per heavy atom. The smallest absolute Gasteiger partial charge is 0.276 e. The second kappa shape index (κ2) is 9.41. The van der Waals surface area contributed by atoms with Crippen LogP contribution in [0.1, 0.15) is 41.7 Å². The lowest BCUT2D eigenvalue weighted by molar-refractivity contribution is -0.00118. The van der Waals surface area contributed by atoms with Gasteiger partial charge >= 0.3 is 0 Å². The van der Waals surface area contributed by atoms with Crippen LogP contribution in [0, 0.1) is 0 Å². The molecule has 0 fully saturated rings. The van der Waals surface area contributed by atoms with E-state index in [2.05, 4.69) is 10.4 Å².